The van der Waals surface area contributed by atoms with Crippen LogP contribution in [-0.2, 0) is 16.0 Å². The minimum atomic E-state index is -0.177. The van der Waals surface area contributed by atoms with Gasteiger partial charge in [-0.2, -0.15) is 0 Å². The van der Waals surface area contributed by atoms with Crippen LogP contribution in [0.3, 0.4) is 0 Å². The molecule has 1 aromatic heterocycles. The van der Waals surface area contributed by atoms with Crippen LogP contribution in [0.4, 0.5) is 5.69 Å². The topological polar surface area (TPSA) is 91.6 Å². The summed E-state index contributed by atoms with van der Waals surface area (Å²) in [7, 11) is 1.80. The molecule has 0 fully saturated rings. The molecule has 2 N–H and O–H groups in total. The summed E-state index contributed by atoms with van der Waals surface area (Å²) in [5.74, 6) is -0.126. The number of hydrogen-bond donors (Lipinski definition) is 2. The van der Waals surface area contributed by atoms with Gasteiger partial charge in [0.1, 0.15) is 5.75 Å². The normalized spacial score (nSPS) is 10.9. The molecule has 0 aliphatic rings. The van der Waals surface area contributed by atoms with Crippen LogP contribution in [0.15, 0.2) is 78.9 Å². The molecule has 0 spiro atoms. The molecular formula is C32H35N3O4. The fraction of sp³-hybridized carbons (Fsp3) is 0.281. The molecule has 7 nitrogen and oxygen atoms in total. The first kappa shape index (κ1) is 27.6. The Bertz CT molecular complexity index is 1440. The van der Waals surface area contributed by atoms with Gasteiger partial charge in [-0.1, -0.05) is 49.2 Å². The number of para-hydroxylation sites is 1. The molecular weight excluding hydrogens is 490 g/mol. The Morgan fingerprint density at radius 1 is 0.872 bits per heavy atom. The van der Waals surface area contributed by atoms with E-state index in [1.807, 2.05) is 55.5 Å². The quantitative estimate of drug-likeness (QED) is 0.249. The standard InChI is InChI=1S/C32H35N3O4/c1-23-27(28-21-26(36)18-19-29(28)35(23)32(39)24-13-7-5-8-14-24)22-30(37)33-20-12-4-3-11-17-31(38)34(2)25-15-9-6-10-16-25/h5-10,13-16,18-19,21,36H,3-4,11-12,17,20,22H2,1-2H3,(H,33,37). The maximum Gasteiger partial charge on any atom is 0.262 e. The summed E-state index contributed by atoms with van der Waals surface area (Å²) in [6, 6.07) is 23.5. The van der Waals surface area contributed by atoms with Crippen molar-refractivity contribution in [3.63, 3.8) is 0 Å². The van der Waals surface area contributed by atoms with E-state index in [0.29, 0.717) is 35.1 Å². The van der Waals surface area contributed by atoms with Gasteiger partial charge in [0.05, 0.1) is 11.9 Å². The molecule has 0 unspecified atom stereocenters. The first-order chi connectivity index (χ1) is 18.9. The summed E-state index contributed by atoms with van der Waals surface area (Å²) in [6.45, 7) is 2.37. The van der Waals surface area contributed by atoms with E-state index in [2.05, 4.69) is 5.32 Å². The number of carbonyl (C=O) groups excluding carboxylic acids is 3. The van der Waals surface area contributed by atoms with Gasteiger partial charge in [0.2, 0.25) is 11.8 Å². The number of aromatic hydroxyl groups is 1. The number of aromatic nitrogens is 1. The van der Waals surface area contributed by atoms with Crippen molar-refractivity contribution in [2.24, 2.45) is 0 Å². The number of hydrogen-bond acceptors (Lipinski definition) is 4. The average molecular weight is 526 g/mol. The monoisotopic (exact) mass is 525 g/mol. The zero-order valence-corrected chi connectivity index (χ0v) is 22.5. The van der Waals surface area contributed by atoms with Crippen LogP contribution in [0.25, 0.3) is 10.9 Å². The van der Waals surface area contributed by atoms with Gasteiger partial charge in [0, 0.05) is 42.3 Å². The highest BCUT2D eigenvalue weighted by Crippen LogP contribution is 2.30. The summed E-state index contributed by atoms with van der Waals surface area (Å²) in [5, 5.41) is 13.8. The van der Waals surface area contributed by atoms with Gasteiger partial charge in [-0.15, -0.1) is 0 Å². The molecule has 0 radical (unpaired) electrons. The number of nitrogens with one attached hydrogen (secondary N) is 1. The van der Waals surface area contributed by atoms with Crippen molar-refractivity contribution in [2.75, 3.05) is 18.5 Å². The first-order valence-corrected chi connectivity index (χ1v) is 13.4. The number of nitrogens with zero attached hydrogens (tertiary/aromatic N) is 2. The number of amides is 2. The Balaban J connectivity index is 1.28. The van der Waals surface area contributed by atoms with Crippen LogP contribution in [0, 0.1) is 6.92 Å². The maximum atomic E-state index is 13.3. The number of phenolic OH excluding ortho intramolecular Hbond substituents is 1. The van der Waals surface area contributed by atoms with Crippen LogP contribution in [0.2, 0.25) is 0 Å². The highest BCUT2D eigenvalue weighted by atomic mass is 16.3. The van der Waals surface area contributed by atoms with Crippen molar-refractivity contribution >= 4 is 34.3 Å². The third-order valence-corrected chi connectivity index (χ3v) is 7.04. The minimum Gasteiger partial charge on any atom is -0.508 e. The first-order valence-electron chi connectivity index (χ1n) is 13.4. The largest absolute Gasteiger partial charge is 0.508 e. The summed E-state index contributed by atoms with van der Waals surface area (Å²) in [4.78, 5) is 40.2. The van der Waals surface area contributed by atoms with E-state index in [1.54, 1.807) is 46.8 Å². The molecule has 0 atom stereocenters. The SMILES string of the molecule is Cc1c(CC(=O)NCCCCCCC(=O)N(C)c2ccccc2)c2cc(O)ccc2n1C(=O)c1ccccc1. The lowest BCUT2D eigenvalue weighted by atomic mass is 10.1. The summed E-state index contributed by atoms with van der Waals surface area (Å²) < 4.78 is 1.61. The maximum absolute atomic E-state index is 13.3. The van der Waals surface area contributed by atoms with Crippen LogP contribution in [0.1, 0.15) is 53.7 Å². The van der Waals surface area contributed by atoms with E-state index in [1.165, 1.54) is 0 Å². The fourth-order valence-corrected chi connectivity index (χ4v) is 4.83. The number of unbranched alkanes of at least 4 members (excludes halogenated alkanes) is 3. The van der Waals surface area contributed by atoms with Gasteiger partial charge in [0.25, 0.3) is 5.91 Å². The van der Waals surface area contributed by atoms with Crippen LogP contribution >= 0.6 is 0 Å². The summed E-state index contributed by atoms with van der Waals surface area (Å²) in [6.07, 6.45) is 4.07. The fourth-order valence-electron chi connectivity index (χ4n) is 4.83. The van der Waals surface area contributed by atoms with Gasteiger partial charge in [-0.25, -0.2) is 0 Å². The number of anilines is 1. The van der Waals surface area contributed by atoms with E-state index in [4.69, 9.17) is 0 Å². The minimum absolute atomic E-state index is 0.0851. The van der Waals surface area contributed by atoms with E-state index >= 15 is 0 Å². The van der Waals surface area contributed by atoms with E-state index in [0.717, 1.165) is 36.9 Å². The van der Waals surface area contributed by atoms with Gasteiger partial charge >= 0.3 is 0 Å². The smallest absolute Gasteiger partial charge is 0.262 e. The highest BCUT2D eigenvalue weighted by molar-refractivity contribution is 6.05. The van der Waals surface area contributed by atoms with Crippen molar-refractivity contribution in [2.45, 2.75) is 45.4 Å². The molecule has 2 amide bonds. The summed E-state index contributed by atoms with van der Waals surface area (Å²) in [5.41, 5.74) is 3.51. The van der Waals surface area contributed by atoms with Crippen LogP contribution in [0.5, 0.6) is 5.75 Å². The average Bonchev–Trinajstić information content (AvgIpc) is 3.22. The lowest BCUT2D eigenvalue weighted by Crippen LogP contribution is -2.26. The Kier molecular flexibility index (Phi) is 9.15. The van der Waals surface area contributed by atoms with Crippen molar-refractivity contribution in [1.29, 1.82) is 0 Å². The highest BCUT2D eigenvalue weighted by Gasteiger charge is 2.21. The number of fused-ring (bicyclic) bond motifs is 1. The van der Waals surface area contributed by atoms with Crippen molar-refractivity contribution in [3.8, 4) is 5.75 Å². The van der Waals surface area contributed by atoms with Gasteiger partial charge in [-0.05, 0) is 67.8 Å². The molecule has 39 heavy (non-hydrogen) atoms. The summed E-state index contributed by atoms with van der Waals surface area (Å²) >= 11 is 0. The van der Waals surface area contributed by atoms with Gasteiger partial charge in [-0.3, -0.25) is 19.0 Å². The molecule has 1 heterocycles. The zero-order chi connectivity index (χ0) is 27.8. The molecule has 4 aromatic rings. The second-order valence-electron chi connectivity index (χ2n) is 9.75. The van der Waals surface area contributed by atoms with E-state index in [9.17, 15) is 19.5 Å². The molecule has 4 rings (SSSR count). The van der Waals surface area contributed by atoms with Gasteiger partial charge < -0.3 is 15.3 Å². The second kappa shape index (κ2) is 12.9. The Morgan fingerprint density at radius 3 is 2.26 bits per heavy atom. The molecule has 202 valence electrons. The molecule has 0 saturated heterocycles. The third kappa shape index (κ3) is 6.74. The Morgan fingerprint density at radius 2 is 1.54 bits per heavy atom. The number of carbonyl (C=O) groups is 3. The molecule has 7 heteroatoms. The van der Waals surface area contributed by atoms with Crippen LogP contribution in [-0.4, -0.2) is 41.0 Å². The van der Waals surface area contributed by atoms with Crippen molar-refractivity contribution in [3.05, 3.63) is 95.7 Å². The predicted molar refractivity (Wildman–Crippen MR) is 154 cm³/mol. The molecule has 0 bridgehead atoms. The van der Waals surface area contributed by atoms with E-state index < -0.39 is 0 Å². The Hall–Kier alpha value is -4.39. The second-order valence-corrected chi connectivity index (χ2v) is 9.75. The van der Waals surface area contributed by atoms with Crippen LogP contribution < -0.4 is 10.2 Å². The molecule has 0 aliphatic heterocycles. The zero-order valence-electron chi connectivity index (χ0n) is 22.5. The molecule has 0 aliphatic carbocycles. The van der Waals surface area contributed by atoms with Crippen molar-refractivity contribution in [1.82, 2.24) is 9.88 Å². The lowest BCUT2D eigenvalue weighted by molar-refractivity contribution is -0.120. The Labute approximate surface area is 229 Å². The third-order valence-electron chi connectivity index (χ3n) is 7.04. The molecule has 3 aromatic carbocycles. The molecule has 0 saturated carbocycles. The number of benzene rings is 3. The van der Waals surface area contributed by atoms with Crippen molar-refractivity contribution < 1.29 is 19.5 Å². The number of phenols is 1. The predicted octanol–water partition coefficient (Wildman–Crippen LogP) is 5.62. The lowest BCUT2D eigenvalue weighted by Gasteiger charge is -2.17. The number of rotatable bonds is 11. The van der Waals surface area contributed by atoms with E-state index in [-0.39, 0.29) is 29.9 Å². The van der Waals surface area contributed by atoms with Gasteiger partial charge in [0.15, 0.2) is 0 Å².